The molecule has 0 spiro atoms. The van der Waals surface area contributed by atoms with Gasteiger partial charge in [0.2, 0.25) is 11.0 Å². The molecule has 1 aromatic rings. The van der Waals surface area contributed by atoms with Crippen molar-refractivity contribution in [2.45, 2.75) is 81.5 Å². The van der Waals surface area contributed by atoms with E-state index in [0.29, 0.717) is 5.75 Å². The van der Waals surface area contributed by atoms with Crippen molar-refractivity contribution in [2.75, 3.05) is 17.6 Å². The van der Waals surface area contributed by atoms with Crippen molar-refractivity contribution < 1.29 is 4.79 Å². The zero-order valence-corrected chi connectivity index (χ0v) is 18.8. The molecule has 5 nitrogen and oxygen atoms in total. The molecule has 7 heteroatoms. The zero-order chi connectivity index (χ0) is 19.6. The van der Waals surface area contributed by atoms with Gasteiger partial charge in [0.15, 0.2) is 4.34 Å². The van der Waals surface area contributed by atoms with Gasteiger partial charge < -0.3 is 10.6 Å². The van der Waals surface area contributed by atoms with Gasteiger partial charge in [-0.1, -0.05) is 43.4 Å². The first-order valence-corrected chi connectivity index (χ1v) is 12.8. The van der Waals surface area contributed by atoms with Crippen LogP contribution in [0.25, 0.3) is 0 Å². The molecule has 0 saturated heterocycles. The normalized spacial score (nSPS) is 31.7. The van der Waals surface area contributed by atoms with E-state index in [-0.39, 0.29) is 11.4 Å². The number of amides is 1. The lowest BCUT2D eigenvalue weighted by molar-refractivity contribution is -0.124. The van der Waals surface area contributed by atoms with E-state index >= 15 is 0 Å². The summed E-state index contributed by atoms with van der Waals surface area (Å²) < 4.78 is 0.880. The molecule has 4 bridgehead atoms. The van der Waals surface area contributed by atoms with Crippen LogP contribution < -0.4 is 10.6 Å². The van der Waals surface area contributed by atoms with Gasteiger partial charge in [-0.25, -0.2) is 0 Å². The van der Waals surface area contributed by atoms with Crippen LogP contribution in [0.5, 0.6) is 0 Å². The largest absolute Gasteiger partial charge is 0.360 e. The maximum atomic E-state index is 12.6. The summed E-state index contributed by atoms with van der Waals surface area (Å²) in [7, 11) is 0. The highest BCUT2D eigenvalue weighted by atomic mass is 32.2. The van der Waals surface area contributed by atoms with Crippen LogP contribution in [0.15, 0.2) is 4.34 Å². The van der Waals surface area contributed by atoms with E-state index in [1.165, 1.54) is 63.1 Å². The number of carbonyl (C=O) groups is 1. The van der Waals surface area contributed by atoms with Crippen LogP contribution in [0.3, 0.4) is 0 Å². The van der Waals surface area contributed by atoms with Crippen molar-refractivity contribution in [3.05, 3.63) is 0 Å². The molecule has 2 N–H and O–H groups in total. The average Bonchev–Trinajstić information content (AvgIpc) is 3.09. The van der Waals surface area contributed by atoms with Crippen molar-refractivity contribution in [2.24, 2.45) is 23.7 Å². The molecule has 0 unspecified atom stereocenters. The van der Waals surface area contributed by atoms with Gasteiger partial charge in [-0.15, -0.1) is 10.2 Å². The Hall–Kier alpha value is -0.820. The standard InChI is InChI=1S/C21H34N4OS2/c1-3-14(2)5-4-6-22-19-24-25-20(28-19)27-13-18(26)23-21-10-15-7-16(11-21)9-17(8-15)12-21/h14-17H,3-13H2,1-2H3,(H,22,24)(H,23,26)/t14-,15?,16?,17?,21?/m0/s1. The van der Waals surface area contributed by atoms with Gasteiger partial charge in [-0.05, 0) is 75.0 Å². The van der Waals surface area contributed by atoms with E-state index in [2.05, 4.69) is 34.7 Å². The van der Waals surface area contributed by atoms with E-state index < -0.39 is 0 Å². The highest BCUT2D eigenvalue weighted by Gasteiger charge is 2.51. The van der Waals surface area contributed by atoms with Gasteiger partial charge in [0, 0.05) is 12.1 Å². The van der Waals surface area contributed by atoms with Crippen molar-refractivity contribution in [3.63, 3.8) is 0 Å². The minimum atomic E-state index is 0.107. The Morgan fingerprint density at radius 3 is 2.54 bits per heavy atom. The summed E-state index contributed by atoms with van der Waals surface area (Å²) in [6, 6.07) is 0. The number of nitrogens with zero attached hydrogens (tertiary/aromatic N) is 2. The van der Waals surface area contributed by atoms with Gasteiger partial charge in [0.1, 0.15) is 0 Å². The molecule has 4 aliphatic carbocycles. The molecular formula is C21H34N4OS2. The predicted octanol–water partition coefficient (Wildman–Crippen LogP) is 4.95. The summed E-state index contributed by atoms with van der Waals surface area (Å²) in [5.41, 5.74) is 0.107. The van der Waals surface area contributed by atoms with E-state index in [9.17, 15) is 4.79 Å². The molecule has 156 valence electrons. The second kappa shape index (κ2) is 8.90. The van der Waals surface area contributed by atoms with Crippen LogP contribution >= 0.6 is 23.1 Å². The first kappa shape index (κ1) is 20.5. The molecule has 28 heavy (non-hydrogen) atoms. The summed E-state index contributed by atoms with van der Waals surface area (Å²) in [5, 5.41) is 16.1. The first-order valence-electron chi connectivity index (χ1n) is 11.0. The van der Waals surface area contributed by atoms with Gasteiger partial charge in [-0.2, -0.15) is 0 Å². The van der Waals surface area contributed by atoms with E-state index in [4.69, 9.17) is 0 Å². The summed E-state index contributed by atoms with van der Waals surface area (Å²) in [6.07, 6.45) is 11.5. The predicted molar refractivity (Wildman–Crippen MR) is 117 cm³/mol. The van der Waals surface area contributed by atoms with E-state index in [1.807, 2.05) is 0 Å². The molecule has 1 atom stereocenters. The SMILES string of the molecule is CC[C@H](C)CCCNc1nnc(SCC(=O)NC23CC4CC(CC(C4)C2)C3)s1. The highest BCUT2D eigenvalue weighted by molar-refractivity contribution is 8.01. The molecule has 4 aliphatic rings. The summed E-state index contributed by atoms with van der Waals surface area (Å²) in [5.74, 6) is 3.98. The maximum Gasteiger partial charge on any atom is 0.230 e. The van der Waals surface area contributed by atoms with Gasteiger partial charge in [-0.3, -0.25) is 4.79 Å². The lowest BCUT2D eigenvalue weighted by atomic mass is 9.53. The molecule has 4 saturated carbocycles. The molecule has 0 radical (unpaired) electrons. The smallest absolute Gasteiger partial charge is 0.230 e. The minimum absolute atomic E-state index is 0.107. The third-order valence-electron chi connectivity index (χ3n) is 7.02. The lowest BCUT2D eigenvalue weighted by Gasteiger charge is -2.56. The fraction of sp³-hybridized carbons (Fsp3) is 0.857. The number of nitrogens with one attached hydrogen (secondary N) is 2. The quantitative estimate of drug-likeness (QED) is 0.412. The van der Waals surface area contributed by atoms with Crippen LogP contribution in [0, 0.1) is 23.7 Å². The second-order valence-electron chi connectivity index (χ2n) is 9.49. The van der Waals surface area contributed by atoms with Gasteiger partial charge in [0.25, 0.3) is 0 Å². The van der Waals surface area contributed by atoms with Crippen LogP contribution in [0.2, 0.25) is 0 Å². The number of carbonyl (C=O) groups excluding carboxylic acids is 1. The fourth-order valence-corrected chi connectivity index (χ4v) is 7.49. The Kier molecular flexibility index (Phi) is 6.50. The number of thioether (sulfide) groups is 1. The molecule has 1 aromatic heterocycles. The van der Waals surface area contributed by atoms with Crippen molar-refractivity contribution in [3.8, 4) is 0 Å². The Morgan fingerprint density at radius 1 is 1.21 bits per heavy atom. The lowest BCUT2D eigenvalue weighted by Crippen LogP contribution is -2.60. The summed E-state index contributed by atoms with van der Waals surface area (Å²) >= 11 is 3.08. The number of aromatic nitrogens is 2. The van der Waals surface area contributed by atoms with Crippen molar-refractivity contribution in [1.29, 1.82) is 0 Å². The Bertz CT molecular complexity index is 642. The summed E-state index contributed by atoms with van der Waals surface area (Å²) in [4.78, 5) is 12.6. The second-order valence-corrected chi connectivity index (χ2v) is 11.7. The van der Waals surface area contributed by atoms with E-state index in [1.54, 1.807) is 11.3 Å². The molecular weight excluding hydrogens is 388 g/mol. The number of anilines is 1. The minimum Gasteiger partial charge on any atom is -0.360 e. The van der Waals surface area contributed by atoms with E-state index in [0.717, 1.165) is 46.1 Å². The Morgan fingerprint density at radius 2 is 1.89 bits per heavy atom. The zero-order valence-electron chi connectivity index (χ0n) is 17.2. The van der Waals surface area contributed by atoms with Crippen molar-refractivity contribution >= 4 is 34.1 Å². The molecule has 1 amide bonds. The molecule has 0 aliphatic heterocycles. The van der Waals surface area contributed by atoms with Crippen LogP contribution in [0.1, 0.15) is 71.6 Å². The highest BCUT2D eigenvalue weighted by Crippen LogP contribution is 2.55. The fourth-order valence-electron chi connectivity index (χ4n) is 5.91. The van der Waals surface area contributed by atoms with Gasteiger partial charge in [0.05, 0.1) is 5.75 Å². The van der Waals surface area contributed by atoms with Crippen LogP contribution in [-0.2, 0) is 4.79 Å². The van der Waals surface area contributed by atoms with Crippen LogP contribution in [-0.4, -0.2) is 33.9 Å². The molecule has 4 fully saturated rings. The topological polar surface area (TPSA) is 66.9 Å². The number of rotatable bonds is 10. The summed E-state index contributed by atoms with van der Waals surface area (Å²) in [6.45, 7) is 5.48. The third kappa shape index (κ3) is 5.02. The maximum absolute atomic E-state index is 12.6. The monoisotopic (exact) mass is 422 g/mol. The van der Waals surface area contributed by atoms with Crippen molar-refractivity contribution in [1.82, 2.24) is 15.5 Å². The Labute approximate surface area is 177 Å². The third-order valence-corrected chi connectivity index (χ3v) is 9.04. The average molecular weight is 423 g/mol. The van der Waals surface area contributed by atoms with Gasteiger partial charge >= 0.3 is 0 Å². The first-order chi connectivity index (χ1) is 13.5. The number of hydrogen-bond donors (Lipinski definition) is 2. The molecule has 1 heterocycles. The molecule has 5 rings (SSSR count). The van der Waals surface area contributed by atoms with Crippen LogP contribution in [0.4, 0.5) is 5.13 Å². The Balaban J connectivity index is 1.19. The molecule has 0 aromatic carbocycles. The number of hydrogen-bond acceptors (Lipinski definition) is 6.